The molecule has 1 saturated heterocycles. The summed E-state index contributed by atoms with van der Waals surface area (Å²) >= 11 is 0. The summed E-state index contributed by atoms with van der Waals surface area (Å²) in [5, 5.41) is 32.7. The van der Waals surface area contributed by atoms with Crippen LogP contribution in [0.1, 0.15) is 51.5 Å². The van der Waals surface area contributed by atoms with Gasteiger partial charge in [-0.25, -0.2) is 0 Å². The van der Waals surface area contributed by atoms with Crippen LogP contribution in [0, 0.1) is 5.92 Å². The van der Waals surface area contributed by atoms with Crippen LogP contribution >= 0.6 is 0 Å². The Bertz CT molecular complexity index is 580. The van der Waals surface area contributed by atoms with Gasteiger partial charge in [-0.2, -0.15) is 0 Å². The highest BCUT2D eigenvalue weighted by Crippen LogP contribution is 2.26. The van der Waals surface area contributed by atoms with Crippen molar-refractivity contribution in [2.24, 2.45) is 5.92 Å². The summed E-state index contributed by atoms with van der Waals surface area (Å²) < 4.78 is 5.72. The number of aryl methyl sites for hydroxylation is 1. The molecule has 1 heterocycles. The zero-order valence-electron chi connectivity index (χ0n) is 17.0. The molecule has 6 heteroatoms. The molecular weight excluding hydrogens is 358 g/mol. The number of rotatable bonds is 10. The largest absolute Gasteiger partial charge is 0.394 e. The second kappa shape index (κ2) is 11.5. The van der Waals surface area contributed by atoms with Gasteiger partial charge >= 0.3 is 0 Å². The quantitative estimate of drug-likeness (QED) is 0.454. The first-order chi connectivity index (χ1) is 13.4. The number of hydrogen-bond donors (Lipinski definition) is 4. The lowest BCUT2D eigenvalue weighted by Crippen LogP contribution is -2.65. The number of aliphatic hydroxyl groups is 3. The Morgan fingerprint density at radius 2 is 1.75 bits per heavy atom. The van der Waals surface area contributed by atoms with Crippen molar-refractivity contribution in [3.63, 3.8) is 0 Å². The van der Waals surface area contributed by atoms with Crippen LogP contribution in [0.25, 0.3) is 0 Å². The molecule has 6 nitrogen and oxygen atoms in total. The van der Waals surface area contributed by atoms with E-state index in [2.05, 4.69) is 17.4 Å². The van der Waals surface area contributed by atoms with E-state index in [-0.39, 0.29) is 18.4 Å². The van der Waals surface area contributed by atoms with Gasteiger partial charge < -0.3 is 25.4 Å². The fourth-order valence-corrected chi connectivity index (χ4v) is 3.75. The highest BCUT2D eigenvalue weighted by Gasteiger charge is 2.45. The molecule has 0 aliphatic carbocycles. The van der Waals surface area contributed by atoms with E-state index in [1.54, 1.807) is 0 Å². The summed E-state index contributed by atoms with van der Waals surface area (Å²) in [4.78, 5) is 12.3. The van der Waals surface area contributed by atoms with Crippen LogP contribution in [0.15, 0.2) is 30.3 Å². The fourth-order valence-electron chi connectivity index (χ4n) is 3.75. The highest BCUT2D eigenvalue weighted by molar-refractivity contribution is 5.76. The Kier molecular flexibility index (Phi) is 9.38. The molecule has 4 N–H and O–H groups in total. The van der Waals surface area contributed by atoms with Crippen molar-refractivity contribution in [1.29, 1.82) is 0 Å². The number of nitrogens with one attached hydrogen (secondary N) is 1. The van der Waals surface area contributed by atoms with Gasteiger partial charge in [-0.1, -0.05) is 57.0 Å². The van der Waals surface area contributed by atoms with Gasteiger partial charge in [0.25, 0.3) is 0 Å². The lowest BCUT2D eigenvalue weighted by atomic mass is 9.87. The van der Waals surface area contributed by atoms with E-state index in [1.807, 2.05) is 32.0 Å². The Morgan fingerprint density at radius 1 is 1.07 bits per heavy atom. The molecule has 0 bridgehead atoms. The summed E-state index contributed by atoms with van der Waals surface area (Å²) in [6.07, 6.45) is 1.72. The monoisotopic (exact) mass is 393 g/mol. The molecule has 0 saturated carbocycles. The summed E-state index contributed by atoms with van der Waals surface area (Å²) in [7, 11) is 0. The minimum atomic E-state index is -1.22. The summed E-state index contributed by atoms with van der Waals surface area (Å²) in [6, 6.07) is 9.70. The minimum absolute atomic E-state index is 0.0273. The number of carbonyl (C=O) groups excluding carboxylic acids is 1. The van der Waals surface area contributed by atoms with Crippen molar-refractivity contribution in [3.05, 3.63) is 35.9 Å². The number of amides is 1. The first-order valence-electron chi connectivity index (χ1n) is 10.4. The molecule has 0 aromatic heterocycles. The molecule has 2 rings (SSSR count). The molecule has 5 atom stereocenters. The molecule has 158 valence electrons. The smallest absolute Gasteiger partial charge is 0.220 e. The molecule has 2 unspecified atom stereocenters. The average Bonchev–Trinajstić information content (AvgIpc) is 2.69. The van der Waals surface area contributed by atoms with Gasteiger partial charge in [-0.05, 0) is 30.7 Å². The topological polar surface area (TPSA) is 99.0 Å². The first kappa shape index (κ1) is 22.8. The fraction of sp³-hybridized carbons (Fsp3) is 0.682. The van der Waals surface area contributed by atoms with Crippen molar-refractivity contribution in [3.8, 4) is 0 Å². The van der Waals surface area contributed by atoms with Crippen LogP contribution in [0.4, 0.5) is 0 Å². The number of ether oxygens (including phenoxy) is 1. The second-order valence-corrected chi connectivity index (χ2v) is 8.04. The van der Waals surface area contributed by atoms with Crippen LogP contribution in [0.3, 0.4) is 0 Å². The number of unbranched alkanes of at least 4 members (excludes halogenated alkanes) is 3. The zero-order chi connectivity index (χ0) is 20.5. The molecule has 1 aliphatic heterocycles. The van der Waals surface area contributed by atoms with Crippen LogP contribution in [0.2, 0.25) is 0 Å². The Balaban J connectivity index is 1.71. The van der Waals surface area contributed by atoms with Crippen LogP contribution in [-0.2, 0) is 16.0 Å². The number of benzene rings is 1. The van der Waals surface area contributed by atoms with Gasteiger partial charge in [0, 0.05) is 6.42 Å². The minimum Gasteiger partial charge on any atom is -0.394 e. The van der Waals surface area contributed by atoms with Crippen molar-refractivity contribution >= 4 is 5.91 Å². The van der Waals surface area contributed by atoms with Gasteiger partial charge in [0.1, 0.15) is 18.3 Å². The van der Waals surface area contributed by atoms with Gasteiger partial charge in [-0.15, -0.1) is 0 Å². The maximum atomic E-state index is 12.3. The van der Waals surface area contributed by atoms with Crippen molar-refractivity contribution in [1.82, 2.24) is 5.32 Å². The SMILES string of the molecule is CC(C)[C@@H]1OC(CO)[C@@H](O)[C@H](O)C1NC(=O)CCCCCCc1ccccc1. The Labute approximate surface area is 167 Å². The maximum absolute atomic E-state index is 12.3. The summed E-state index contributed by atoms with van der Waals surface area (Å²) in [6.45, 7) is 3.48. The summed E-state index contributed by atoms with van der Waals surface area (Å²) in [5.74, 6) is -0.115. The molecule has 0 spiro atoms. The molecule has 1 amide bonds. The zero-order valence-corrected chi connectivity index (χ0v) is 17.0. The van der Waals surface area contributed by atoms with Gasteiger partial charge in [0.15, 0.2) is 0 Å². The lowest BCUT2D eigenvalue weighted by Gasteiger charge is -2.44. The third kappa shape index (κ3) is 6.55. The van der Waals surface area contributed by atoms with E-state index in [0.29, 0.717) is 6.42 Å². The van der Waals surface area contributed by atoms with Crippen LogP contribution in [-0.4, -0.2) is 58.3 Å². The van der Waals surface area contributed by atoms with Crippen LogP contribution < -0.4 is 5.32 Å². The van der Waals surface area contributed by atoms with E-state index in [9.17, 15) is 20.1 Å². The molecule has 1 aromatic carbocycles. The predicted octanol–water partition coefficient (Wildman–Crippen LogP) is 1.80. The van der Waals surface area contributed by atoms with Gasteiger partial charge in [0.05, 0.1) is 18.8 Å². The number of carbonyl (C=O) groups is 1. The third-order valence-corrected chi connectivity index (χ3v) is 5.41. The molecule has 1 aromatic rings. The normalized spacial score (nSPS) is 27.7. The highest BCUT2D eigenvalue weighted by atomic mass is 16.5. The second-order valence-electron chi connectivity index (χ2n) is 8.04. The van der Waals surface area contributed by atoms with Crippen molar-refractivity contribution in [2.45, 2.75) is 82.8 Å². The van der Waals surface area contributed by atoms with Gasteiger partial charge in [0.2, 0.25) is 5.91 Å². The number of aliphatic hydroxyl groups excluding tert-OH is 3. The number of hydrogen-bond acceptors (Lipinski definition) is 5. The van der Waals surface area contributed by atoms with Crippen LogP contribution in [0.5, 0.6) is 0 Å². The van der Waals surface area contributed by atoms with E-state index >= 15 is 0 Å². The molecule has 1 fully saturated rings. The van der Waals surface area contributed by atoms with Crippen molar-refractivity contribution < 1.29 is 24.9 Å². The lowest BCUT2D eigenvalue weighted by molar-refractivity contribution is -0.204. The first-order valence-corrected chi connectivity index (χ1v) is 10.4. The molecule has 1 aliphatic rings. The van der Waals surface area contributed by atoms with E-state index < -0.39 is 30.5 Å². The van der Waals surface area contributed by atoms with Crippen molar-refractivity contribution in [2.75, 3.05) is 6.61 Å². The predicted molar refractivity (Wildman–Crippen MR) is 108 cm³/mol. The van der Waals surface area contributed by atoms with E-state index in [1.165, 1.54) is 5.56 Å². The molecule has 28 heavy (non-hydrogen) atoms. The molecule has 0 radical (unpaired) electrons. The maximum Gasteiger partial charge on any atom is 0.220 e. The Morgan fingerprint density at radius 3 is 2.39 bits per heavy atom. The standard InChI is InChI=1S/C22H35NO5/c1-15(2)22-19(21(27)20(26)17(14-24)28-22)23-18(25)13-9-4-3-6-10-16-11-7-5-8-12-16/h5,7-8,11-12,15,17,19-22,24,26-27H,3-4,6,9-10,13-14H2,1-2H3,(H,23,25)/t17?,19?,20-,21-,22+/m1/s1. The average molecular weight is 394 g/mol. The van der Waals surface area contributed by atoms with Gasteiger partial charge in [-0.3, -0.25) is 4.79 Å². The Hall–Kier alpha value is -1.47. The third-order valence-electron chi connectivity index (χ3n) is 5.41. The summed E-state index contributed by atoms with van der Waals surface area (Å²) in [5.41, 5.74) is 1.34. The molecular formula is C22H35NO5. The van der Waals surface area contributed by atoms with E-state index in [0.717, 1.165) is 32.1 Å². The van der Waals surface area contributed by atoms with E-state index in [4.69, 9.17) is 4.74 Å².